The molecule has 5 atom stereocenters. The molecule has 0 spiro atoms. The van der Waals surface area contributed by atoms with Gasteiger partial charge in [0.1, 0.15) is 23.7 Å². The van der Waals surface area contributed by atoms with E-state index in [0.29, 0.717) is 35.7 Å². The first kappa shape index (κ1) is 32.5. The van der Waals surface area contributed by atoms with Crippen LogP contribution in [0.25, 0.3) is 0 Å². The van der Waals surface area contributed by atoms with Crippen molar-refractivity contribution in [2.75, 3.05) is 6.61 Å². The van der Waals surface area contributed by atoms with Crippen molar-refractivity contribution in [3.63, 3.8) is 0 Å². The molecule has 0 aromatic heterocycles. The van der Waals surface area contributed by atoms with Crippen LogP contribution in [-0.4, -0.2) is 30.0 Å². The third-order valence-corrected chi connectivity index (χ3v) is 9.49. The van der Waals surface area contributed by atoms with Gasteiger partial charge in [-0.2, -0.15) is 0 Å². The molecule has 0 saturated carbocycles. The van der Waals surface area contributed by atoms with E-state index in [0.717, 1.165) is 40.0 Å². The SMILES string of the molecule is CCOc1ccc(Cc2cc([C@@H]3O[C@H](CC)[C@@H](C)[C@H](OCc4ccccc4)[C@H]3OCc3ccccc3)c(Br)c(O)c2Cl)cc1. The van der Waals surface area contributed by atoms with Gasteiger partial charge < -0.3 is 24.1 Å². The van der Waals surface area contributed by atoms with E-state index < -0.39 is 12.2 Å². The molecular weight excluding hydrogens is 640 g/mol. The molecule has 4 aromatic rings. The Labute approximate surface area is 274 Å². The zero-order valence-electron chi connectivity index (χ0n) is 25.4. The third-order valence-electron chi connectivity index (χ3n) is 8.24. The number of hydrogen-bond donors (Lipinski definition) is 1. The summed E-state index contributed by atoms with van der Waals surface area (Å²) in [5, 5.41) is 11.6. The second kappa shape index (κ2) is 15.4. The van der Waals surface area contributed by atoms with E-state index in [4.69, 9.17) is 30.5 Å². The van der Waals surface area contributed by atoms with Crippen LogP contribution in [-0.2, 0) is 33.8 Å². The summed E-state index contributed by atoms with van der Waals surface area (Å²) in [5.41, 5.74) is 4.79. The van der Waals surface area contributed by atoms with Crippen molar-refractivity contribution in [3.05, 3.63) is 128 Å². The summed E-state index contributed by atoms with van der Waals surface area (Å²) in [6.07, 6.45) is 0.0376. The standard InChI is InChI=1S/C37H40BrClO5/c1-4-31-24(3)35(42-22-26-12-8-6-9-13-26)37(43-23-27-14-10-7-11-15-27)36(44-31)30-21-28(33(39)34(40)32(30)38)20-25-16-18-29(19-17-25)41-5-2/h6-19,21,24,31,35-37,40H,4-5,20,22-23H2,1-3H3/t24-,31-,35+,36+,37-/m1/s1. The Hall–Kier alpha value is -2.87. The van der Waals surface area contributed by atoms with E-state index in [2.05, 4.69) is 54.0 Å². The van der Waals surface area contributed by atoms with Crippen LogP contribution in [0.1, 0.15) is 61.1 Å². The van der Waals surface area contributed by atoms with Crippen LogP contribution in [0.4, 0.5) is 0 Å². The maximum Gasteiger partial charge on any atom is 0.149 e. The lowest BCUT2D eigenvalue weighted by Gasteiger charge is -2.46. The van der Waals surface area contributed by atoms with Crippen LogP contribution in [0.5, 0.6) is 11.5 Å². The van der Waals surface area contributed by atoms with Crippen molar-refractivity contribution in [1.82, 2.24) is 0 Å². The fourth-order valence-electron chi connectivity index (χ4n) is 5.88. The number of phenols is 1. The van der Waals surface area contributed by atoms with Crippen LogP contribution in [0.3, 0.4) is 0 Å². The van der Waals surface area contributed by atoms with Crippen LogP contribution < -0.4 is 4.74 Å². The van der Waals surface area contributed by atoms with E-state index >= 15 is 0 Å². The molecule has 5 rings (SSSR count). The van der Waals surface area contributed by atoms with E-state index in [1.54, 1.807) is 0 Å². The monoisotopic (exact) mass is 678 g/mol. The summed E-state index contributed by atoms with van der Waals surface area (Å²) in [5.74, 6) is 0.879. The number of benzene rings is 4. The summed E-state index contributed by atoms with van der Waals surface area (Å²) in [4.78, 5) is 0. The molecule has 1 saturated heterocycles. The molecule has 232 valence electrons. The molecule has 1 heterocycles. The third kappa shape index (κ3) is 7.67. The topological polar surface area (TPSA) is 57.2 Å². The lowest BCUT2D eigenvalue weighted by molar-refractivity contribution is -0.235. The lowest BCUT2D eigenvalue weighted by Crippen LogP contribution is -2.51. The molecule has 1 aliphatic heterocycles. The van der Waals surface area contributed by atoms with Gasteiger partial charge in [-0.25, -0.2) is 0 Å². The van der Waals surface area contributed by atoms with Crippen molar-refractivity contribution in [2.45, 2.75) is 71.2 Å². The van der Waals surface area contributed by atoms with E-state index in [9.17, 15) is 5.11 Å². The number of hydrogen-bond acceptors (Lipinski definition) is 5. The zero-order valence-corrected chi connectivity index (χ0v) is 27.8. The summed E-state index contributed by atoms with van der Waals surface area (Å²) >= 11 is 10.4. The minimum Gasteiger partial charge on any atom is -0.505 e. The highest BCUT2D eigenvalue weighted by Gasteiger charge is 2.46. The largest absolute Gasteiger partial charge is 0.505 e. The number of phenolic OH excluding ortho intramolecular Hbond substituents is 1. The van der Waals surface area contributed by atoms with E-state index in [-0.39, 0.29) is 23.9 Å². The summed E-state index contributed by atoms with van der Waals surface area (Å²) in [6, 6.07) is 30.3. The molecule has 1 fully saturated rings. The summed E-state index contributed by atoms with van der Waals surface area (Å²) in [6.45, 7) is 7.73. The van der Waals surface area contributed by atoms with Gasteiger partial charge in [-0.3, -0.25) is 0 Å². The first-order valence-electron chi connectivity index (χ1n) is 15.3. The highest BCUT2D eigenvalue weighted by atomic mass is 79.9. The van der Waals surface area contributed by atoms with E-state index in [1.165, 1.54) is 0 Å². The molecule has 1 N–H and O–H groups in total. The average Bonchev–Trinajstić information content (AvgIpc) is 3.05. The average molecular weight is 680 g/mol. The maximum atomic E-state index is 11.3. The molecule has 1 aliphatic rings. The fraction of sp³-hybridized carbons (Fsp3) is 0.351. The van der Waals surface area contributed by atoms with Gasteiger partial charge in [-0.05, 0) is 76.1 Å². The van der Waals surface area contributed by atoms with Gasteiger partial charge in [0.05, 0.1) is 41.5 Å². The van der Waals surface area contributed by atoms with Gasteiger partial charge >= 0.3 is 0 Å². The Morgan fingerprint density at radius 2 is 1.41 bits per heavy atom. The van der Waals surface area contributed by atoms with Gasteiger partial charge in [0, 0.05) is 11.5 Å². The minimum atomic E-state index is -0.516. The van der Waals surface area contributed by atoms with Crippen LogP contribution >= 0.6 is 27.5 Å². The van der Waals surface area contributed by atoms with Crippen LogP contribution in [0, 0.1) is 5.92 Å². The predicted octanol–water partition coefficient (Wildman–Crippen LogP) is 9.45. The highest BCUT2D eigenvalue weighted by molar-refractivity contribution is 9.10. The molecule has 4 aromatic carbocycles. The summed E-state index contributed by atoms with van der Waals surface area (Å²) in [7, 11) is 0. The Balaban J connectivity index is 1.51. The van der Waals surface area contributed by atoms with Gasteiger partial charge in [-0.15, -0.1) is 0 Å². The first-order chi connectivity index (χ1) is 21.4. The smallest absolute Gasteiger partial charge is 0.149 e. The fourth-order valence-corrected chi connectivity index (χ4v) is 6.75. The number of rotatable bonds is 12. The van der Waals surface area contributed by atoms with Crippen molar-refractivity contribution in [3.8, 4) is 11.5 Å². The van der Waals surface area contributed by atoms with E-state index in [1.807, 2.05) is 73.7 Å². The number of halogens is 2. The van der Waals surface area contributed by atoms with Crippen molar-refractivity contribution >= 4 is 27.5 Å². The predicted molar refractivity (Wildman–Crippen MR) is 178 cm³/mol. The van der Waals surface area contributed by atoms with Gasteiger partial charge in [-0.1, -0.05) is 98.2 Å². The molecule has 5 nitrogen and oxygen atoms in total. The lowest BCUT2D eigenvalue weighted by atomic mass is 9.83. The zero-order chi connectivity index (χ0) is 31.1. The van der Waals surface area contributed by atoms with Crippen molar-refractivity contribution in [2.24, 2.45) is 5.92 Å². The Morgan fingerprint density at radius 3 is 1.98 bits per heavy atom. The molecule has 0 aliphatic carbocycles. The number of ether oxygens (including phenoxy) is 4. The van der Waals surface area contributed by atoms with Crippen LogP contribution in [0.15, 0.2) is 95.5 Å². The molecule has 0 amide bonds. The second-order valence-corrected chi connectivity index (χ2v) is 12.4. The van der Waals surface area contributed by atoms with Crippen molar-refractivity contribution < 1.29 is 24.1 Å². The minimum absolute atomic E-state index is 0.0102. The molecule has 0 unspecified atom stereocenters. The van der Waals surface area contributed by atoms with Gasteiger partial charge in [0.2, 0.25) is 0 Å². The van der Waals surface area contributed by atoms with Crippen molar-refractivity contribution in [1.29, 1.82) is 0 Å². The normalized spacial score (nSPS) is 21.7. The molecule has 0 bridgehead atoms. The van der Waals surface area contributed by atoms with Crippen LogP contribution in [0.2, 0.25) is 5.02 Å². The van der Waals surface area contributed by atoms with Gasteiger partial charge in [0.25, 0.3) is 0 Å². The molecular formula is C37H40BrClO5. The number of aromatic hydroxyl groups is 1. The quantitative estimate of drug-likeness (QED) is 0.162. The second-order valence-electron chi connectivity index (χ2n) is 11.2. The Morgan fingerprint density at radius 1 is 0.818 bits per heavy atom. The molecule has 0 radical (unpaired) electrons. The van der Waals surface area contributed by atoms with Gasteiger partial charge in [0.15, 0.2) is 0 Å². The molecule has 7 heteroatoms. The maximum absolute atomic E-state index is 11.3. The highest BCUT2D eigenvalue weighted by Crippen LogP contribution is 2.47. The Bertz CT molecular complexity index is 1480. The first-order valence-corrected chi connectivity index (χ1v) is 16.4. The molecule has 44 heavy (non-hydrogen) atoms. The summed E-state index contributed by atoms with van der Waals surface area (Å²) < 4.78 is 26.4. The Kier molecular flexibility index (Phi) is 11.4.